The molecule has 2 nitrogen and oxygen atoms in total. The van der Waals surface area contributed by atoms with E-state index in [0.29, 0.717) is 21.7 Å². The van der Waals surface area contributed by atoms with Crippen molar-refractivity contribution in [3.63, 3.8) is 0 Å². The van der Waals surface area contributed by atoms with Crippen molar-refractivity contribution in [2.75, 3.05) is 6.54 Å². The highest BCUT2D eigenvalue weighted by molar-refractivity contribution is 6.37. The van der Waals surface area contributed by atoms with E-state index >= 15 is 0 Å². The van der Waals surface area contributed by atoms with Crippen molar-refractivity contribution in [1.29, 1.82) is 0 Å². The topological polar surface area (TPSA) is 20.3 Å². The van der Waals surface area contributed by atoms with Crippen LogP contribution in [-0.4, -0.2) is 29.3 Å². The second kappa shape index (κ2) is 5.67. The molecule has 1 aromatic rings. The molecule has 0 saturated heterocycles. The number of benzene rings is 1. The molecule has 0 bridgehead atoms. The maximum atomic E-state index is 12.7. The molecule has 1 aromatic carbocycles. The molecule has 108 valence electrons. The summed E-state index contributed by atoms with van der Waals surface area (Å²) in [5.41, 5.74) is 0.588. The number of ketones is 1. The van der Waals surface area contributed by atoms with Gasteiger partial charge < -0.3 is 0 Å². The molecule has 3 rings (SSSR count). The summed E-state index contributed by atoms with van der Waals surface area (Å²) in [4.78, 5) is 15.1. The fourth-order valence-corrected chi connectivity index (χ4v) is 3.19. The Bertz CT molecular complexity index is 523. The number of nitrogens with zero attached hydrogens (tertiary/aromatic N) is 1. The fraction of sp³-hybridized carbons (Fsp3) is 0.562. The second-order valence-electron chi connectivity index (χ2n) is 6.04. The molecular weight excluding hydrogens is 293 g/mol. The van der Waals surface area contributed by atoms with E-state index in [0.717, 1.165) is 12.5 Å². The van der Waals surface area contributed by atoms with Gasteiger partial charge in [0.2, 0.25) is 0 Å². The fourth-order valence-electron chi connectivity index (χ4n) is 2.69. The van der Waals surface area contributed by atoms with Crippen LogP contribution in [0.1, 0.15) is 43.0 Å². The Morgan fingerprint density at radius 1 is 1.30 bits per heavy atom. The van der Waals surface area contributed by atoms with Crippen LogP contribution < -0.4 is 0 Å². The highest BCUT2D eigenvalue weighted by Crippen LogP contribution is 2.36. The first-order valence-corrected chi connectivity index (χ1v) is 8.07. The van der Waals surface area contributed by atoms with Gasteiger partial charge in [-0.05, 0) is 56.7 Å². The molecule has 1 atom stereocenters. The molecule has 2 aliphatic carbocycles. The van der Waals surface area contributed by atoms with Gasteiger partial charge in [0.1, 0.15) is 0 Å². The Hall–Kier alpha value is -0.570. The van der Waals surface area contributed by atoms with Crippen molar-refractivity contribution in [3.05, 3.63) is 33.8 Å². The van der Waals surface area contributed by atoms with Crippen molar-refractivity contribution >= 4 is 29.0 Å². The molecule has 0 aliphatic heterocycles. The standard InChI is InChI=1S/C16H19Cl2NO/c1-10(19(13-5-6-13)9-11-2-3-11)16(20)14-7-4-12(17)8-15(14)18/h4,7-8,10-11,13H,2-3,5-6,9H2,1H3. The largest absolute Gasteiger partial charge is 0.292 e. The monoisotopic (exact) mass is 311 g/mol. The van der Waals surface area contributed by atoms with Gasteiger partial charge >= 0.3 is 0 Å². The summed E-state index contributed by atoms with van der Waals surface area (Å²) in [7, 11) is 0. The van der Waals surface area contributed by atoms with Crippen LogP contribution in [0.25, 0.3) is 0 Å². The Morgan fingerprint density at radius 3 is 2.55 bits per heavy atom. The second-order valence-corrected chi connectivity index (χ2v) is 6.88. The quantitative estimate of drug-likeness (QED) is 0.724. The van der Waals surface area contributed by atoms with Gasteiger partial charge in [-0.1, -0.05) is 23.2 Å². The van der Waals surface area contributed by atoms with Crippen molar-refractivity contribution in [2.45, 2.75) is 44.7 Å². The van der Waals surface area contributed by atoms with Gasteiger partial charge in [0.15, 0.2) is 5.78 Å². The van der Waals surface area contributed by atoms with Crippen molar-refractivity contribution in [1.82, 2.24) is 4.90 Å². The molecule has 0 heterocycles. The molecule has 4 heteroatoms. The van der Waals surface area contributed by atoms with Gasteiger partial charge in [-0.25, -0.2) is 0 Å². The van der Waals surface area contributed by atoms with Crippen LogP contribution in [0.5, 0.6) is 0 Å². The minimum atomic E-state index is -0.0956. The van der Waals surface area contributed by atoms with Crippen LogP contribution in [0.4, 0.5) is 0 Å². The first-order chi connectivity index (χ1) is 9.56. The Morgan fingerprint density at radius 2 is 2.00 bits per heavy atom. The third kappa shape index (κ3) is 3.19. The minimum absolute atomic E-state index is 0.0956. The van der Waals surface area contributed by atoms with Crippen molar-refractivity contribution in [2.24, 2.45) is 5.92 Å². The van der Waals surface area contributed by atoms with E-state index in [4.69, 9.17) is 23.2 Å². The molecule has 2 fully saturated rings. The third-order valence-corrected chi connectivity index (χ3v) is 4.80. The summed E-state index contributed by atoms with van der Waals surface area (Å²) in [5.74, 6) is 0.908. The van der Waals surface area contributed by atoms with Gasteiger partial charge in [0.05, 0.1) is 11.1 Å². The zero-order chi connectivity index (χ0) is 14.3. The maximum absolute atomic E-state index is 12.7. The molecule has 0 aromatic heterocycles. The number of hydrogen-bond donors (Lipinski definition) is 0. The lowest BCUT2D eigenvalue weighted by atomic mass is 10.0. The molecule has 0 spiro atoms. The van der Waals surface area contributed by atoms with Crippen LogP contribution in [0.15, 0.2) is 18.2 Å². The lowest BCUT2D eigenvalue weighted by Gasteiger charge is -2.28. The van der Waals surface area contributed by atoms with E-state index < -0.39 is 0 Å². The first kappa shape index (κ1) is 14.4. The highest BCUT2D eigenvalue weighted by atomic mass is 35.5. The van der Waals surface area contributed by atoms with Gasteiger partial charge in [0.25, 0.3) is 0 Å². The summed E-state index contributed by atoms with van der Waals surface area (Å²) in [6.45, 7) is 3.07. The molecule has 0 amide bonds. The summed E-state index contributed by atoms with van der Waals surface area (Å²) in [6.07, 6.45) is 5.06. The number of hydrogen-bond acceptors (Lipinski definition) is 2. The Labute approximate surface area is 130 Å². The summed E-state index contributed by atoms with van der Waals surface area (Å²) >= 11 is 12.1. The lowest BCUT2D eigenvalue weighted by Crippen LogP contribution is -2.42. The van der Waals surface area contributed by atoms with Crippen LogP contribution in [0.2, 0.25) is 10.0 Å². The number of carbonyl (C=O) groups excluding carboxylic acids is 1. The number of halogens is 2. The summed E-state index contributed by atoms with van der Waals surface area (Å²) < 4.78 is 0. The third-order valence-electron chi connectivity index (χ3n) is 4.26. The van der Waals surface area contributed by atoms with E-state index in [1.807, 2.05) is 6.92 Å². The Kier molecular flexibility index (Phi) is 4.07. The Balaban J connectivity index is 1.76. The van der Waals surface area contributed by atoms with E-state index in [9.17, 15) is 4.79 Å². The van der Waals surface area contributed by atoms with Gasteiger partial charge in [-0.15, -0.1) is 0 Å². The molecule has 0 N–H and O–H groups in total. The van der Waals surface area contributed by atoms with E-state index in [1.165, 1.54) is 25.7 Å². The first-order valence-electron chi connectivity index (χ1n) is 7.31. The number of rotatable bonds is 6. The molecule has 0 radical (unpaired) electrons. The van der Waals surface area contributed by atoms with Gasteiger partial charge in [0, 0.05) is 23.2 Å². The van der Waals surface area contributed by atoms with Crippen molar-refractivity contribution < 1.29 is 4.79 Å². The molecular formula is C16H19Cl2NO. The molecule has 2 saturated carbocycles. The van der Waals surface area contributed by atoms with Crippen LogP contribution in [0, 0.1) is 5.92 Å². The normalized spacial score (nSPS) is 20.2. The van der Waals surface area contributed by atoms with E-state index in [2.05, 4.69) is 4.90 Å². The lowest BCUT2D eigenvalue weighted by molar-refractivity contribution is 0.0819. The molecule has 1 unspecified atom stereocenters. The van der Waals surface area contributed by atoms with E-state index in [-0.39, 0.29) is 11.8 Å². The number of carbonyl (C=O) groups is 1. The van der Waals surface area contributed by atoms with Gasteiger partial charge in [-0.2, -0.15) is 0 Å². The number of Topliss-reactive ketones (excluding diaryl/α,β-unsaturated/α-hetero) is 1. The van der Waals surface area contributed by atoms with Crippen LogP contribution in [-0.2, 0) is 0 Å². The highest BCUT2D eigenvalue weighted by Gasteiger charge is 2.38. The molecule has 20 heavy (non-hydrogen) atoms. The minimum Gasteiger partial charge on any atom is -0.292 e. The molecule has 2 aliphatic rings. The zero-order valence-electron chi connectivity index (χ0n) is 11.6. The predicted octanol–water partition coefficient (Wildman–Crippen LogP) is 4.44. The van der Waals surface area contributed by atoms with Crippen LogP contribution in [0.3, 0.4) is 0 Å². The average Bonchev–Trinajstić information content (AvgIpc) is 3.26. The summed E-state index contributed by atoms with van der Waals surface area (Å²) in [6, 6.07) is 5.62. The maximum Gasteiger partial charge on any atom is 0.181 e. The average molecular weight is 312 g/mol. The van der Waals surface area contributed by atoms with E-state index in [1.54, 1.807) is 18.2 Å². The predicted molar refractivity (Wildman–Crippen MR) is 82.7 cm³/mol. The van der Waals surface area contributed by atoms with Crippen molar-refractivity contribution in [3.8, 4) is 0 Å². The SMILES string of the molecule is CC(C(=O)c1ccc(Cl)cc1Cl)N(CC1CC1)C1CC1. The summed E-state index contributed by atoms with van der Waals surface area (Å²) in [5, 5.41) is 1.02. The van der Waals surface area contributed by atoms with Crippen LogP contribution >= 0.6 is 23.2 Å². The van der Waals surface area contributed by atoms with Gasteiger partial charge in [-0.3, -0.25) is 9.69 Å². The smallest absolute Gasteiger partial charge is 0.181 e. The zero-order valence-corrected chi connectivity index (χ0v) is 13.1.